The first-order chi connectivity index (χ1) is 10.2. The summed E-state index contributed by atoms with van der Waals surface area (Å²) in [5.41, 5.74) is 3.37. The van der Waals surface area contributed by atoms with Crippen LogP contribution < -0.4 is 5.32 Å². The van der Waals surface area contributed by atoms with Crippen LogP contribution in [0.1, 0.15) is 11.3 Å². The van der Waals surface area contributed by atoms with Crippen molar-refractivity contribution < 1.29 is 4.42 Å². The number of aryl methyl sites for hydroxylation is 1. The van der Waals surface area contributed by atoms with Crippen LogP contribution in [0.15, 0.2) is 65.1 Å². The maximum Gasteiger partial charge on any atom is 0.134 e. The smallest absolute Gasteiger partial charge is 0.134 e. The second-order valence-corrected chi connectivity index (χ2v) is 5.43. The van der Waals surface area contributed by atoms with E-state index in [9.17, 15) is 0 Å². The third kappa shape index (κ3) is 3.47. The molecular formula is C18H16ClNO. The summed E-state index contributed by atoms with van der Waals surface area (Å²) in [6.45, 7) is 2.74. The molecule has 2 aromatic carbocycles. The summed E-state index contributed by atoms with van der Waals surface area (Å²) in [7, 11) is 0. The summed E-state index contributed by atoms with van der Waals surface area (Å²) in [6, 6.07) is 19.9. The predicted molar refractivity (Wildman–Crippen MR) is 87.7 cm³/mol. The van der Waals surface area contributed by atoms with E-state index >= 15 is 0 Å². The van der Waals surface area contributed by atoms with Crippen molar-refractivity contribution in [1.29, 1.82) is 0 Å². The van der Waals surface area contributed by atoms with Gasteiger partial charge in [0.15, 0.2) is 0 Å². The van der Waals surface area contributed by atoms with E-state index in [1.807, 2.05) is 36.4 Å². The number of hydrogen-bond donors (Lipinski definition) is 1. The van der Waals surface area contributed by atoms with Gasteiger partial charge in [0.05, 0.1) is 6.54 Å². The minimum Gasteiger partial charge on any atom is -0.459 e. The first-order valence-electron chi connectivity index (χ1n) is 6.86. The molecule has 0 aliphatic rings. The second-order valence-electron chi connectivity index (χ2n) is 4.99. The fraction of sp³-hybridized carbons (Fsp3) is 0.111. The van der Waals surface area contributed by atoms with Gasteiger partial charge in [-0.1, -0.05) is 29.3 Å². The molecule has 21 heavy (non-hydrogen) atoms. The van der Waals surface area contributed by atoms with Crippen molar-refractivity contribution in [3.8, 4) is 11.3 Å². The first kappa shape index (κ1) is 13.8. The van der Waals surface area contributed by atoms with Crippen LogP contribution in [-0.4, -0.2) is 0 Å². The van der Waals surface area contributed by atoms with Gasteiger partial charge in [-0.3, -0.25) is 0 Å². The van der Waals surface area contributed by atoms with Crippen LogP contribution in [0.2, 0.25) is 5.02 Å². The van der Waals surface area contributed by atoms with E-state index in [2.05, 4.69) is 36.5 Å². The van der Waals surface area contributed by atoms with E-state index in [-0.39, 0.29) is 0 Å². The van der Waals surface area contributed by atoms with E-state index in [1.54, 1.807) is 0 Å². The normalized spacial score (nSPS) is 10.6. The lowest BCUT2D eigenvalue weighted by molar-refractivity contribution is 0.531. The highest BCUT2D eigenvalue weighted by Gasteiger charge is 2.04. The molecule has 0 aliphatic heterocycles. The monoisotopic (exact) mass is 297 g/mol. The summed E-state index contributed by atoms with van der Waals surface area (Å²) >= 11 is 5.89. The van der Waals surface area contributed by atoms with Crippen molar-refractivity contribution in [2.24, 2.45) is 0 Å². The van der Waals surface area contributed by atoms with Gasteiger partial charge in [-0.25, -0.2) is 0 Å². The molecule has 0 saturated carbocycles. The zero-order valence-corrected chi connectivity index (χ0v) is 12.5. The number of rotatable bonds is 4. The number of furan rings is 1. The molecule has 0 atom stereocenters. The highest BCUT2D eigenvalue weighted by molar-refractivity contribution is 6.30. The summed E-state index contributed by atoms with van der Waals surface area (Å²) in [6.07, 6.45) is 0. The third-order valence-corrected chi connectivity index (χ3v) is 3.56. The third-order valence-electron chi connectivity index (χ3n) is 3.31. The van der Waals surface area contributed by atoms with Crippen molar-refractivity contribution >= 4 is 17.3 Å². The van der Waals surface area contributed by atoms with E-state index in [0.29, 0.717) is 6.54 Å². The maximum atomic E-state index is 5.89. The van der Waals surface area contributed by atoms with Gasteiger partial charge < -0.3 is 9.73 Å². The highest BCUT2D eigenvalue weighted by Crippen LogP contribution is 2.24. The second kappa shape index (κ2) is 6.06. The number of benzene rings is 2. The van der Waals surface area contributed by atoms with E-state index < -0.39 is 0 Å². The minimum absolute atomic E-state index is 0.663. The Hall–Kier alpha value is -2.19. The van der Waals surface area contributed by atoms with Crippen LogP contribution in [-0.2, 0) is 6.54 Å². The van der Waals surface area contributed by atoms with Crippen molar-refractivity contribution in [3.05, 3.63) is 77.0 Å². The lowest BCUT2D eigenvalue weighted by atomic mass is 10.2. The van der Waals surface area contributed by atoms with Crippen LogP contribution in [0.3, 0.4) is 0 Å². The maximum absolute atomic E-state index is 5.89. The van der Waals surface area contributed by atoms with Crippen molar-refractivity contribution in [2.45, 2.75) is 13.5 Å². The van der Waals surface area contributed by atoms with Crippen molar-refractivity contribution in [1.82, 2.24) is 0 Å². The van der Waals surface area contributed by atoms with E-state index in [1.165, 1.54) is 5.56 Å². The van der Waals surface area contributed by atoms with Crippen LogP contribution in [0.5, 0.6) is 0 Å². The molecule has 0 aliphatic carbocycles. The van der Waals surface area contributed by atoms with Gasteiger partial charge in [0.2, 0.25) is 0 Å². The van der Waals surface area contributed by atoms with Gasteiger partial charge in [0, 0.05) is 16.3 Å². The molecule has 0 spiro atoms. The molecule has 0 radical (unpaired) electrons. The molecule has 2 nitrogen and oxygen atoms in total. The predicted octanol–water partition coefficient (Wildman–Crippen LogP) is 5.52. The highest BCUT2D eigenvalue weighted by atomic mass is 35.5. The fourth-order valence-electron chi connectivity index (χ4n) is 2.10. The lowest BCUT2D eigenvalue weighted by Crippen LogP contribution is -1.97. The molecule has 1 aromatic heterocycles. The molecule has 3 aromatic rings. The largest absolute Gasteiger partial charge is 0.459 e. The molecule has 0 amide bonds. The number of hydrogen-bond acceptors (Lipinski definition) is 2. The minimum atomic E-state index is 0.663. The Morgan fingerprint density at radius 2 is 1.62 bits per heavy atom. The van der Waals surface area contributed by atoms with Gasteiger partial charge in [-0.05, 0) is 55.5 Å². The molecule has 106 valence electrons. The number of halogens is 1. The summed E-state index contributed by atoms with van der Waals surface area (Å²) < 4.78 is 5.85. The van der Waals surface area contributed by atoms with E-state index in [0.717, 1.165) is 27.8 Å². The Kier molecular flexibility index (Phi) is 3.98. The molecule has 0 unspecified atom stereocenters. The van der Waals surface area contributed by atoms with Crippen LogP contribution in [0.25, 0.3) is 11.3 Å². The Morgan fingerprint density at radius 1 is 0.905 bits per heavy atom. The Labute approximate surface area is 129 Å². The lowest BCUT2D eigenvalue weighted by Gasteiger charge is -2.04. The van der Waals surface area contributed by atoms with Crippen molar-refractivity contribution in [3.63, 3.8) is 0 Å². The van der Waals surface area contributed by atoms with Gasteiger partial charge in [0.25, 0.3) is 0 Å². The van der Waals surface area contributed by atoms with Gasteiger partial charge in [-0.2, -0.15) is 0 Å². The number of anilines is 1. The summed E-state index contributed by atoms with van der Waals surface area (Å²) in [5.74, 6) is 1.76. The standard InChI is InChI=1S/C18H16ClNO/c1-13-2-8-16(9-3-13)20-12-17-10-11-18(21-17)14-4-6-15(19)7-5-14/h2-11,20H,12H2,1H3. The molecular weight excluding hydrogens is 282 g/mol. The molecule has 0 fully saturated rings. The Balaban J connectivity index is 1.67. The van der Waals surface area contributed by atoms with Crippen LogP contribution >= 0.6 is 11.6 Å². The zero-order chi connectivity index (χ0) is 14.7. The zero-order valence-electron chi connectivity index (χ0n) is 11.8. The SMILES string of the molecule is Cc1ccc(NCc2ccc(-c3ccc(Cl)cc3)o2)cc1. The molecule has 3 rings (SSSR count). The topological polar surface area (TPSA) is 25.2 Å². The molecule has 0 bridgehead atoms. The number of nitrogens with one attached hydrogen (secondary N) is 1. The first-order valence-corrected chi connectivity index (χ1v) is 7.24. The fourth-order valence-corrected chi connectivity index (χ4v) is 2.23. The Bertz CT molecular complexity index is 714. The quantitative estimate of drug-likeness (QED) is 0.686. The Morgan fingerprint density at radius 3 is 2.33 bits per heavy atom. The molecule has 0 saturated heterocycles. The van der Waals surface area contributed by atoms with Gasteiger partial charge in [0.1, 0.15) is 11.5 Å². The molecule has 1 N–H and O–H groups in total. The average molecular weight is 298 g/mol. The average Bonchev–Trinajstić information content (AvgIpc) is 2.96. The van der Waals surface area contributed by atoms with Crippen molar-refractivity contribution in [2.75, 3.05) is 5.32 Å². The summed E-state index contributed by atoms with van der Waals surface area (Å²) in [4.78, 5) is 0. The van der Waals surface area contributed by atoms with Crippen LogP contribution in [0, 0.1) is 6.92 Å². The summed E-state index contributed by atoms with van der Waals surface area (Å²) in [5, 5.41) is 4.08. The van der Waals surface area contributed by atoms with E-state index in [4.69, 9.17) is 16.0 Å². The van der Waals surface area contributed by atoms with Crippen LogP contribution in [0.4, 0.5) is 5.69 Å². The molecule has 3 heteroatoms. The molecule has 1 heterocycles. The van der Waals surface area contributed by atoms with Gasteiger partial charge >= 0.3 is 0 Å². The van der Waals surface area contributed by atoms with Gasteiger partial charge in [-0.15, -0.1) is 0 Å².